The molecule has 0 amide bonds. The summed E-state index contributed by atoms with van der Waals surface area (Å²) in [6, 6.07) is 11.6. The van der Waals surface area contributed by atoms with E-state index in [1.54, 1.807) is 6.08 Å². The van der Waals surface area contributed by atoms with Gasteiger partial charge < -0.3 is 24.3 Å². The van der Waals surface area contributed by atoms with Crippen molar-refractivity contribution in [1.82, 2.24) is 25.0 Å². The zero-order valence-electron chi connectivity index (χ0n) is 21.0. The highest BCUT2D eigenvalue weighted by atomic mass is 19.4. The van der Waals surface area contributed by atoms with Crippen LogP contribution in [0.5, 0.6) is 5.75 Å². The second-order valence-electron chi connectivity index (χ2n) is 8.68. The summed E-state index contributed by atoms with van der Waals surface area (Å²) in [6.45, 7) is 5.36. The molecular formula is C27H30F3N5O3. The molecule has 1 unspecified atom stereocenters. The molecule has 1 saturated heterocycles. The Bertz CT molecular complexity index is 1360. The number of hydrogen-bond donors (Lipinski definition) is 2. The van der Waals surface area contributed by atoms with Gasteiger partial charge in [-0.2, -0.15) is 18.2 Å². The molecule has 4 aromatic rings. The van der Waals surface area contributed by atoms with Crippen molar-refractivity contribution in [2.45, 2.75) is 44.4 Å². The number of aliphatic hydroxyl groups is 1. The van der Waals surface area contributed by atoms with Crippen LogP contribution in [0.1, 0.15) is 42.6 Å². The van der Waals surface area contributed by atoms with Gasteiger partial charge in [0.15, 0.2) is 0 Å². The maximum absolute atomic E-state index is 13.8. The number of halogens is 3. The van der Waals surface area contributed by atoms with Crippen molar-refractivity contribution in [1.29, 1.82) is 0 Å². The standard InChI is InChI=1S/C26H26F3N5O2.CH4O/c1-2-14-34-21-9-4-3-7-19(21)31-23(34)10-6-15-35-22-12-11-17(16-18(22)26(27,28)29)24-32-25(36-33-24)20-8-5-13-30-20;1-2/h2-4,7,9,11-12,16,20,30H,1,5-6,8,10,13-15H2;2H,1H3. The molecule has 1 aliphatic heterocycles. The molecule has 0 radical (unpaired) electrons. The topological polar surface area (TPSA) is 98.2 Å². The Morgan fingerprint density at radius 1 is 1.21 bits per heavy atom. The van der Waals surface area contributed by atoms with Gasteiger partial charge >= 0.3 is 6.18 Å². The summed E-state index contributed by atoms with van der Waals surface area (Å²) >= 11 is 0. The highest BCUT2D eigenvalue weighted by Gasteiger charge is 2.35. The number of ether oxygens (including phenoxy) is 1. The van der Waals surface area contributed by atoms with E-state index in [4.69, 9.17) is 14.4 Å². The van der Waals surface area contributed by atoms with Gasteiger partial charge in [0.2, 0.25) is 11.7 Å². The summed E-state index contributed by atoms with van der Waals surface area (Å²) in [6.07, 6.45) is 0.0985. The molecule has 2 aromatic carbocycles. The number of aromatic nitrogens is 4. The summed E-state index contributed by atoms with van der Waals surface area (Å²) in [5.41, 5.74) is 1.22. The van der Waals surface area contributed by atoms with Gasteiger partial charge in [-0.25, -0.2) is 4.98 Å². The Labute approximate surface area is 218 Å². The number of aryl methyl sites for hydroxylation is 1. The van der Waals surface area contributed by atoms with E-state index in [0.29, 0.717) is 25.3 Å². The smallest absolute Gasteiger partial charge is 0.419 e. The molecule has 3 heterocycles. The molecule has 1 aliphatic rings. The molecule has 8 nitrogen and oxygen atoms in total. The van der Waals surface area contributed by atoms with Gasteiger partial charge in [0.25, 0.3) is 0 Å². The number of allylic oxidation sites excluding steroid dienone is 1. The van der Waals surface area contributed by atoms with Crippen molar-refractivity contribution < 1.29 is 27.5 Å². The zero-order valence-corrected chi connectivity index (χ0v) is 21.0. The van der Waals surface area contributed by atoms with Crippen LogP contribution >= 0.6 is 0 Å². The van der Waals surface area contributed by atoms with E-state index in [-0.39, 0.29) is 29.8 Å². The van der Waals surface area contributed by atoms with Gasteiger partial charge in [-0.05, 0) is 56.1 Å². The van der Waals surface area contributed by atoms with Crippen LogP contribution in [0, 0.1) is 0 Å². The number of alkyl halides is 3. The maximum atomic E-state index is 13.8. The largest absolute Gasteiger partial charge is 0.493 e. The van der Waals surface area contributed by atoms with E-state index < -0.39 is 11.7 Å². The van der Waals surface area contributed by atoms with E-state index in [9.17, 15) is 13.2 Å². The number of nitrogens with one attached hydrogen (secondary N) is 1. The number of imidazole rings is 1. The molecule has 0 spiro atoms. The van der Waals surface area contributed by atoms with Crippen molar-refractivity contribution >= 4 is 11.0 Å². The van der Waals surface area contributed by atoms with E-state index in [2.05, 4.69) is 31.6 Å². The first-order chi connectivity index (χ1) is 18.4. The lowest BCUT2D eigenvalue weighted by Gasteiger charge is -2.15. The highest BCUT2D eigenvalue weighted by molar-refractivity contribution is 5.76. The SMILES string of the molecule is C=CCn1c(CCCOc2ccc(-c3noc(C4CCCN4)n3)cc2C(F)(F)F)nc2ccccc21.CO. The van der Waals surface area contributed by atoms with E-state index in [1.165, 1.54) is 12.1 Å². The molecule has 11 heteroatoms. The van der Waals surface area contributed by atoms with E-state index in [1.807, 2.05) is 24.3 Å². The van der Waals surface area contributed by atoms with Crippen molar-refractivity contribution in [2.24, 2.45) is 0 Å². The van der Waals surface area contributed by atoms with Gasteiger partial charge in [0.05, 0.1) is 29.2 Å². The Morgan fingerprint density at radius 2 is 2.03 bits per heavy atom. The number of benzene rings is 2. The minimum Gasteiger partial charge on any atom is -0.493 e. The molecule has 1 atom stereocenters. The van der Waals surface area contributed by atoms with Gasteiger partial charge in [0, 0.05) is 25.6 Å². The lowest BCUT2D eigenvalue weighted by atomic mass is 10.1. The Kier molecular flexibility index (Phi) is 8.80. The van der Waals surface area contributed by atoms with Gasteiger partial charge in [-0.15, -0.1) is 6.58 Å². The van der Waals surface area contributed by atoms with Crippen molar-refractivity contribution in [3.63, 3.8) is 0 Å². The molecule has 0 aliphatic carbocycles. The first-order valence-electron chi connectivity index (χ1n) is 12.3. The third kappa shape index (κ3) is 6.05. The fraction of sp³-hybridized carbons (Fsp3) is 0.370. The third-order valence-corrected chi connectivity index (χ3v) is 6.19. The highest BCUT2D eigenvalue weighted by Crippen LogP contribution is 2.38. The second-order valence-corrected chi connectivity index (χ2v) is 8.68. The molecule has 202 valence electrons. The summed E-state index contributed by atoms with van der Waals surface area (Å²) in [5, 5.41) is 14.1. The average molecular weight is 530 g/mol. The van der Waals surface area contributed by atoms with Crippen LogP contribution < -0.4 is 10.1 Å². The minimum absolute atomic E-state index is 0.0596. The van der Waals surface area contributed by atoms with Gasteiger partial charge in [0.1, 0.15) is 11.6 Å². The van der Waals surface area contributed by atoms with Crippen molar-refractivity contribution in [3.8, 4) is 17.1 Å². The van der Waals surface area contributed by atoms with Crippen molar-refractivity contribution in [2.75, 3.05) is 20.3 Å². The number of fused-ring (bicyclic) bond motifs is 1. The summed E-state index contributed by atoms with van der Waals surface area (Å²) < 4.78 is 54.5. The summed E-state index contributed by atoms with van der Waals surface area (Å²) in [4.78, 5) is 8.96. The molecule has 0 bridgehead atoms. The average Bonchev–Trinajstić information content (AvgIpc) is 3.68. The minimum atomic E-state index is -4.59. The molecule has 2 aromatic heterocycles. The monoisotopic (exact) mass is 529 g/mol. The molecule has 2 N–H and O–H groups in total. The molecule has 1 fully saturated rings. The lowest BCUT2D eigenvalue weighted by Crippen LogP contribution is -2.13. The molecule has 5 rings (SSSR count). The summed E-state index contributed by atoms with van der Waals surface area (Å²) in [5.74, 6) is 1.12. The lowest BCUT2D eigenvalue weighted by molar-refractivity contribution is -0.138. The van der Waals surface area contributed by atoms with Gasteiger partial charge in [-0.3, -0.25) is 0 Å². The third-order valence-electron chi connectivity index (χ3n) is 6.19. The fourth-order valence-electron chi connectivity index (χ4n) is 4.47. The maximum Gasteiger partial charge on any atom is 0.419 e. The molecule has 38 heavy (non-hydrogen) atoms. The van der Waals surface area contributed by atoms with Crippen molar-refractivity contribution in [3.05, 3.63) is 72.4 Å². The van der Waals surface area contributed by atoms with Crippen LogP contribution in [0.2, 0.25) is 0 Å². The van der Waals surface area contributed by atoms with E-state index >= 15 is 0 Å². The van der Waals surface area contributed by atoms with Gasteiger partial charge in [-0.1, -0.05) is 23.4 Å². The number of hydrogen-bond acceptors (Lipinski definition) is 7. The van der Waals surface area contributed by atoms with Crippen LogP contribution in [0.4, 0.5) is 13.2 Å². The van der Waals surface area contributed by atoms with Crippen LogP contribution in [0.15, 0.2) is 59.6 Å². The molecule has 0 saturated carbocycles. The zero-order chi connectivity index (χ0) is 27.1. The van der Waals surface area contributed by atoms with Crippen LogP contribution in [0.3, 0.4) is 0 Å². The number of rotatable bonds is 9. The fourth-order valence-corrected chi connectivity index (χ4v) is 4.47. The quantitative estimate of drug-likeness (QED) is 0.223. The number of aliphatic hydroxyl groups excluding tert-OH is 1. The predicted molar refractivity (Wildman–Crippen MR) is 137 cm³/mol. The number of para-hydroxylation sites is 2. The van der Waals surface area contributed by atoms with E-state index in [0.717, 1.165) is 49.4 Å². The van der Waals surface area contributed by atoms with Crippen LogP contribution in [0.25, 0.3) is 22.4 Å². The predicted octanol–water partition coefficient (Wildman–Crippen LogP) is 5.34. The Balaban J connectivity index is 0.00000164. The second kappa shape index (κ2) is 12.2. The summed E-state index contributed by atoms with van der Waals surface area (Å²) in [7, 11) is 1.00. The van der Waals surface area contributed by atoms with Crippen LogP contribution in [-0.2, 0) is 19.1 Å². The molecular weight excluding hydrogens is 499 g/mol. The Morgan fingerprint density at radius 3 is 2.76 bits per heavy atom. The van der Waals surface area contributed by atoms with Crippen LogP contribution in [-0.4, -0.2) is 45.1 Å². The Hall–Kier alpha value is -3.70. The number of nitrogens with zero attached hydrogens (tertiary/aromatic N) is 4. The first-order valence-corrected chi connectivity index (χ1v) is 12.3. The normalized spacial score (nSPS) is 15.3. The first kappa shape index (κ1) is 27.3.